The van der Waals surface area contributed by atoms with Gasteiger partial charge in [0.05, 0.1) is 12.0 Å². The number of likely N-dealkylation sites (tertiary alicyclic amines) is 1. The first kappa shape index (κ1) is 20.2. The van der Waals surface area contributed by atoms with E-state index in [9.17, 15) is 9.59 Å². The molecule has 1 amide bonds. The van der Waals surface area contributed by atoms with E-state index in [0.717, 1.165) is 0 Å². The van der Waals surface area contributed by atoms with Crippen molar-refractivity contribution >= 4 is 20.9 Å². The van der Waals surface area contributed by atoms with Crippen molar-refractivity contribution < 1.29 is 18.8 Å². The molecule has 1 aliphatic rings. The second-order valence-electron chi connectivity index (χ2n) is 8.72. The van der Waals surface area contributed by atoms with Crippen molar-refractivity contribution in [2.75, 3.05) is 13.1 Å². The number of carbonyl (C=O) groups is 2. The van der Waals surface area contributed by atoms with Crippen LogP contribution in [0.3, 0.4) is 0 Å². The smallest absolute Gasteiger partial charge is 0.410 e. The number of carbonyl (C=O) groups excluding carboxylic acids is 2. The maximum absolute atomic E-state index is 12.5. The molecule has 1 fully saturated rings. The summed E-state index contributed by atoms with van der Waals surface area (Å²) in [6.07, 6.45) is -0.129. The minimum atomic E-state index is -1.29. The Morgan fingerprint density at radius 1 is 1.22 bits per heavy atom. The molecule has 0 aromatic heterocycles. The van der Waals surface area contributed by atoms with Gasteiger partial charge in [0, 0.05) is 19.5 Å². The first-order valence-corrected chi connectivity index (χ1v) is 11.3. The lowest BCUT2D eigenvalue weighted by molar-refractivity contribution is -0.132. The molecule has 1 rings (SSSR count). The summed E-state index contributed by atoms with van der Waals surface area (Å²) in [7, 11) is -1.29. The Morgan fingerprint density at radius 2 is 1.78 bits per heavy atom. The molecule has 0 aliphatic carbocycles. The van der Waals surface area contributed by atoms with Gasteiger partial charge >= 0.3 is 6.09 Å². The average molecular weight is 344 g/mol. The molecule has 0 aromatic carbocycles. The highest BCUT2D eigenvalue weighted by atomic mass is 28.3. The number of piperidine rings is 1. The molecule has 1 aliphatic heterocycles. The number of amides is 1. The van der Waals surface area contributed by atoms with Crippen LogP contribution in [0, 0.1) is 11.3 Å². The fourth-order valence-electron chi connectivity index (χ4n) is 2.81. The SMILES string of the molecule is C[SiH](C)OC(C1CN(C(=O)OC(C)(C)C)CCC1=O)C(C)(C)C. The predicted octanol–water partition coefficient (Wildman–Crippen LogP) is 3.23. The summed E-state index contributed by atoms with van der Waals surface area (Å²) in [4.78, 5) is 26.4. The molecule has 0 saturated carbocycles. The summed E-state index contributed by atoms with van der Waals surface area (Å²) in [5.41, 5.74) is -0.673. The van der Waals surface area contributed by atoms with Crippen molar-refractivity contribution in [3.8, 4) is 0 Å². The Morgan fingerprint density at radius 3 is 2.22 bits per heavy atom. The summed E-state index contributed by atoms with van der Waals surface area (Å²) in [6, 6.07) is 0. The monoisotopic (exact) mass is 343 g/mol. The third-order valence-electron chi connectivity index (χ3n) is 3.75. The molecule has 0 N–H and O–H groups in total. The van der Waals surface area contributed by atoms with E-state index in [-0.39, 0.29) is 29.3 Å². The number of nitrogens with zero attached hydrogens (tertiary/aromatic N) is 1. The Bertz CT molecular complexity index is 437. The lowest BCUT2D eigenvalue weighted by atomic mass is 9.77. The molecule has 0 aromatic rings. The maximum atomic E-state index is 12.5. The highest BCUT2D eigenvalue weighted by Crippen LogP contribution is 2.32. The zero-order chi connectivity index (χ0) is 18.0. The molecular weight excluding hydrogens is 310 g/mol. The summed E-state index contributed by atoms with van der Waals surface area (Å²) in [5.74, 6) is -0.0782. The zero-order valence-corrected chi connectivity index (χ0v) is 17.1. The summed E-state index contributed by atoms with van der Waals surface area (Å²) in [6.45, 7) is 16.9. The molecule has 5 nitrogen and oxygen atoms in total. The fraction of sp³-hybridized carbons (Fsp3) is 0.882. The zero-order valence-electron chi connectivity index (χ0n) is 15.9. The second kappa shape index (κ2) is 7.34. The van der Waals surface area contributed by atoms with Crippen molar-refractivity contribution in [3.63, 3.8) is 0 Å². The molecule has 1 heterocycles. The third kappa shape index (κ3) is 6.26. The summed E-state index contributed by atoms with van der Waals surface area (Å²) >= 11 is 0. The molecule has 0 radical (unpaired) electrons. The average Bonchev–Trinajstić information content (AvgIpc) is 2.33. The lowest BCUT2D eigenvalue weighted by Gasteiger charge is -2.42. The second-order valence-corrected chi connectivity index (χ2v) is 11.1. The topological polar surface area (TPSA) is 55.8 Å². The molecule has 2 unspecified atom stereocenters. The highest BCUT2D eigenvalue weighted by molar-refractivity contribution is 6.48. The van der Waals surface area contributed by atoms with Gasteiger partial charge in [0.25, 0.3) is 0 Å². The number of ether oxygens (including phenoxy) is 1. The van der Waals surface area contributed by atoms with E-state index in [0.29, 0.717) is 19.5 Å². The number of ketones is 1. The van der Waals surface area contributed by atoms with Gasteiger partial charge in [0.15, 0.2) is 9.04 Å². The number of hydrogen-bond donors (Lipinski definition) is 0. The van der Waals surface area contributed by atoms with Crippen LogP contribution in [-0.2, 0) is 14.0 Å². The Labute approximate surface area is 142 Å². The van der Waals surface area contributed by atoms with Gasteiger partial charge in [0.2, 0.25) is 0 Å². The molecule has 0 bridgehead atoms. The number of rotatable bonds is 3. The molecule has 1 saturated heterocycles. The van der Waals surface area contributed by atoms with Crippen LogP contribution < -0.4 is 0 Å². The number of hydrogen-bond acceptors (Lipinski definition) is 4. The largest absolute Gasteiger partial charge is 0.444 e. The summed E-state index contributed by atoms with van der Waals surface area (Å²) < 4.78 is 11.6. The lowest BCUT2D eigenvalue weighted by Crippen LogP contribution is -2.53. The Kier molecular flexibility index (Phi) is 6.44. The molecule has 134 valence electrons. The van der Waals surface area contributed by atoms with E-state index in [1.54, 1.807) is 4.90 Å². The first-order chi connectivity index (χ1) is 10.3. The standard InChI is InChI=1S/C17H33NO4Si/c1-16(2,3)14(22-23(7)8)12-11-18(10-9-13(12)19)15(20)21-17(4,5)6/h12,14,23H,9-11H2,1-8H3. The van der Waals surface area contributed by atoms with Crippen molar-refractivity contribution in [1.82, 2.24) is 4.90 Å². The van der Waals surface area contributed by atoms with Crippen molar-refractivity contribution in [1.29, 1.82) is 0 Å². The fourth-order valence-corrected chi connectivity index (χ4v) is 4.00. The number of Topliss-reactive ketones (excluding diaryl/α,β-unsaturated/α-hetero) is 1. The van der Waals surface area contributed by atoms with Crippen LogP contribution in [0.25, 0.3) is 0 Å². The van der Waals surface area contributed by atoms with Crippen LogP contribution in [0.1, 0.15) is 48.0 Å². The quantitative estimate of drug-likeness (QED) is 0.738. The van der Waals surface area contributed by atoms with Gasteiger partial charge in [-0.05, 0) is 39.3 Å². The van der Waals surface area contributed by atoms with E-state index in [2.05, 4.69) is 33.9 Å². The summed E-state index contributed by atoms with van der Waals surface area (Å²) in [5, 5.41) is 0. The van der Waals surface area contributed by atoms with Crippen LogP contribution >= 0.6 is 0 Å². The molecule has 2 atom stereocenters. The van der Waals surface area contributed by atoms with Gasteiger partial charge < -0.3 is 14.1 Å². The van der Waals surface area contributed by atoms with Gasteiger partial charge in [-0.25, -0.2) is 4.79 Å². The van der Waals surface area contributed by atoms with Gasteiger partial charge in [0.1, 0.15) is 11.4 Å². The van der Waals surface area contributed by atoms with Crippen molar-refractivity contribution in [3.05, 3.63) is 0 Å². The van der Waals surface area contributed by atoms with Crippen LogP contribution in [0.15, 0.2) is 0 Å². The first-order valence-electron chi connectivity index (χ1n) is 8.47. The molecule has 23 heavy (non-hydrogen) atoms. The van der Waals surface area contributed by atoms with E-state index in [1.165, 1.54) is 0 Å². The molecule has 6 heteroatoms. The van der Waals surface area contributed by atoms with Crippen LogP contribution in [-0.4, -0.2) is 50.6 Å². The van der Waals surface area contributed by atoms with E-state index in [1.807, 2.05) is 20.8 Å². The normalized spacial score (nSPS) is 21.5. The van der Waals surface area contributed by atoms with Crippen LogP contribution in [0.5, 0.6) is 0 Å². The van der Waals surface area contributed by atoms with E-state index in [4.69, 9.17) is 9.16 Å². The maximum Gasteiger partial charge on any atom is 0.410 e. The predicted molar refractivity (Wildman–Crippen MR) is 94.1 cm³/mol. The molecule has 0 spiro atoms. The third-order valence-corrected chi connectivity index (χ3v) is 4.59. The van der Waals surface area contributed by atoms with Gasteiger partial charge in [-0.2, -0.15) is 0 Å². The van der Waals surface area contributed by atoms with Gasteiger partial charge in [-0.15, -0.1) is 0 Å². The Hall–Kier alpha value is -0.883. The van der Waals surface area contributed by atoms with Crippen LogP contribution in [0.4, 0.5) is 4.79 Å². The molecular formula is C17H33NO4Si. The van der Waals surface area contributed by atoms with Crippen molar-refractivity contribution in [2.45, 2.75) is 72.8 Å². The van der Waals surface area contributed by atoms with E-state index >= 15 is 0 Å². The minimum Gasteiger partial charge on any atom is -0.444 e. The van der Waals surface area contributed by atoms with Gasteiger partial charge in [-0.3, -0.25) is 4.79 Å². The minimum absolute atomic E-state index is 0.144. The van der Waals surface area contributed by atoms with E-state index < -0.39 is 14.6 Å². The van der Waals surface area contributed by atoms with Gasteiger partial charge in [-0.1, -0.05) is 20.8 Å². The van der Waals surface area contributed by atoms with Crippen molar-refractivity contribution in [2.24, 2.45) is 11.3 Å². The highest BCUT2D eigenvalue weighted by Gasteiger charge is 2.42. The Balaban J connectivity index is 2.91. The van der Waals surface area contributed by atoms with Crippen LogP contribution in [0.2, 0.25) is 13.1 Å².